The van der Waals surface area contributed by atoms with Gasteiger partial charge in [0.2, 0.25) is 0 Å². The van der Waals surface area contributed by atoms with Gasteiger partial charge in [0.1, 0.15) is 5.60 Å². The van der Waals surface area contributed by atoms with Crippen molar-refractivity contribution in [2.45, 2.75) is 37.3 Å². The molecule has 112 valence electrons. The molecule has 2 aliphatic heterocycles. The van der Waals surface area contributed by atoms with Gasteiger partial charge in [-0.3, -0.25) is 0 Å². The van der Waals surface area contributed by atoms with E-state index in [1.54, 1.807) is 0 Å². The van der Waals surface area contributed by atoms with Crippen LogP contribution in [-0.4, -0.2) is 25.0 Å². The minimum Gasteiger partial charge on any atom is -0.410 e. The topological polar surface area (TPSA) is 12.5 Å². The summed E-state index contributed by atoms with van der Waals surface area (Å²) in [6.07, 6.45) is 5.01. The Balaban J connectivity index is 1.77. The van der Waals surface area contributed by atoms with E-state index in [0.29, 0.717) is 6.04 Å². The first-order valence-electron chi connectivity index (χ1n) is 8.37. The summed E-state index contributed by atoms with van der Waals surface area (Å²) in [6, 6.07) is 22.1. The van der Waals surface area contributed by atoms with Crippen molar-refractivity contribution in [1.29, 1.82) is 0 Å². The molecule has 2 nitrogen and oxygen atoms in total. The van der Waals surface area contributed by atoms with Gasteiger partial charge in [0, 0.05) is 6.04 Å². The van der Waals surface area contributed by atoms with Crippen LogP contribution in [0.15, 0.2) is 60.7 Å². The van der Waals surface area contributed by atoms with Gasteiger partial charge in [0.15, 0.2) is 0 Å². The van der Waals surface area contributed by atoms with Crippen molar-refractivity contribution in [2.75, 3.05) is 6.54 Å². The predicted octanol–water partition coefficient (Wildman–Crippen LogP) is 3.47. The number of hydrogen-bond donors (Lipinski definition) is 0. The Morgan fingerprint density at radius 3 is 2.18 bits per heavy atom. The fourth-order valence-corrected chi connectivity index (χ4v) is 4.03. The van der Waals surface area contributed by atoms with Crippen molar-refractivity contribution in [3.05, 3.63) is 71.8 Å². The highest BCUT2D eigenvalue weighted by molar-refractivity contribution is 6.24. The average molecular weight is 291 g/mol. The smallest absolute Gasteiger partial charge is 0.364 e. The molecule has 2 fully saturated rings. The van der Waals surface area contributed by atoms with E-state index in [2.05, 4.69) is 65.5 Å². The summed E-state index contributed by atoms with van der Waals surface area (Å²) in [5, 5.41) is 0. The lowest BCUT2D eigenvalue weighted by Crippen LogP contribution is -2.54. The van der Waals surface area contributed by atoms with Crippen LogP contribution in [0.1, 0.15) is 36.8 Å². The number of nitrogens with zero attached hydrogens (tertiary/aromatic N) is 1. The van der Waals surface area contributed by atoms with Crippen molar-refractivity contribution in [2.24, 2.45) is 0 Å². The zero-order valence-corrected chi connectivity index (χ0v) is 12.9. The SMILES string of the molecule is B1OC(c2ccccc2)(c2ccccc2)CC2CCCCN12. The molecule has 0 saturated carbocycles. The van der Waals surface area contributed by atoms with E-state index < -0.39 is 0 Å². The Morgan fingerprint density at radius 2 is 1.55 bits per heavy atom. The maximum Gasteiger partial charge on any atom is 0.364 e. The number of piperidine rings is 1. The lowest BCUT2D eigenvalue weighted by Gasteiger charge is -2.49. The molecule has 0 aliphatic carbocycles. The summed E-state index contributed by atoms with van der Waals surface area (Å²) >= 11 is 0. The standard InChI is InChI=1S/C19H22BNO/c1-3-9-16(10-4-1)19(17-11-5-2-6-12-17)15-18-13-7-8-14-21(18)20-22-19/h1-6,9-12,18,20H,7-8,13-15H2. The monoisotopic (exact) mass is 291 g/mol. The fraction of sp³-hybridized carbons (Fsp3) is 0.368. The Morgan fingerprint density at radius 1 is 0.909 bits per heavy atom. The van der Waals surface area contributed by atoms with E-state index in [4.69, 9.17) is 4.65 Å². The van der Waals surface area contributed by atoms with E-state index in [9.17, 15) is 0 Å². The van der Waals surface area contributed by atoms with Gasteiger partial charge in [0.05, 0.1) is 0 Å². The molecule has 2 saturated heterocycles. The minimum absolute atomic E-state index is 0.291. The molecular formula is C19H22BNO. The Labute approximate surface area is 133 Å². The van der Waals surface area contributed by atoms with E-state index in [1.165, 1.54) is 36.9 Å². The number of fused-ring (bicyclic) bond motifs is 1. The van der Waals surface area contributed by atoms with E-state index in [-0.39, 0.29) is 5.60 Å². The van der Waals surface area contributed by atoms with Crippen LogP contribution in [-0.2, 0) is 10.3 Å². The summed E-state index contributed by atoms with van der Waals surface area (Å²) in [5.41, 5.74) is 2.28. The summed E-state index contributed by atoms with van der Waals surface area (Å²) in [6.45, 7) is 1.18. The van der Waals surface area contributed by atoms with Gasteiger partial charge >= 0.3 is 7.62 Å². The predicted molar refractivity (Wildman–Crippen MR) is 90.9 cm³/mol. The van der Waals surface area contributed by atoms with Crippen LogP contribution in [0.25, 0.3) is 0 Å². The second-order valence-corrected chi connectivity index (χ2v) is 6.50. The third-order valence-electron chi connectivity index (χ3n) is 5.23. The molecule has 0 spiro atoms. The Kier molecular flexibility index (Phi) is 3.77. The van der Waals surface area contributed by atoms with Crippen LogP contribution in [0.4, 0.5) is 0 Å². The lowest BCUT2D eigenvalue weighted by atomic mass is 9.74. The number of benzene rings is 2. The Bertz CT molecular complexity index is 576. The molecule has 0 N–H and O–H groups in total. The first-order valence-corrected chi connectivity index (χ1v) is 8.37. The maximum absolute atomic E-state index is 6.53. The van der Waals surface area contributed by atoms with Crippen LogP contribution in [0, 0.1) is 0 Å². The lowest BCUT2D eigenvalue weighted by molar-refractivity contribution is 0.0127. The second-order valence-electron chi connectivity index (χ2n) is 6.50. The Hall–Kier alpha value is -1.58. The summed E-state index contributed by atoms with van der Waals surface area (Å²) in [5.74, 6) is 0. The van der Waals surface area contributed by atoms with Crippen LogP contribution < -0.4 is 0 Å². The van der Waals surface area contributed by atoms with Crippen molar-refractivity contribution >= 4 is 7.62 Å². The van der Waals surface area contributed by atoms with Gasteiger partial charge in [-0.2, -0.15) is 0 Å². The molecule has 2 heterocycles. The molecule has 2 aromatic rings. The zero-order chi connectivity index (χ0) is 14.8. The molecule has 0 bridgehead atoms. The molecule has 3 heteroatoms. The van der Waals surface area contributed by atoms with Gasteiger partial charge in [-0.1, -0.05) is 67.1 Å². The molecule has 1 unspecified atom stereocenters. The molecule has 0 amide bonds. The summed E-state index contributed by atoms with van der Waals surface area (Å²) in [7, 11) is 0.744. The summed E-state index contributed by atoms with van der Waals surface area (Å²) in [4.78, 5) is 2.52. The summed E-state index contributed by atoms with van der Waals surface area (Å²) < 4.78 is 6.53. The van der Waals surface area contributed by atoms with Gasteiger partial charge in [-0.15, -0.1) is 0 Å². The fourth-order valence-electron chi connectivity index (χ4n) is 4.03. The van der Waals surface area contributed by atoms with Gasteiger partial charge < -0.3 is 9.47 Å². The normalized spacial score (nSPS) is 24.3. The minimum atomic E-state index is -0.291. The molecule has 22 heavy (non-hydrogen) atoms. The molecule has 4 rings (SSSR count). The van der Waals surface area contributed by atoms with E-state index in [0.717, 1.165) is 14.0 Å². The van der Waals surface area contributed by atoms with Crippen molar-refractivity contribution in [3.63, 3.8) is 0 Å². The third kappa shape index (κ3) is 2.39. The molecule has 2 aromatic carbocycles. The van der Waals surface area contributed by atoms with Crippen LogP contribution in [0.2, 0.25) is 0 Å². The quantitative estimate of drug-likeness (QED) is 0.786. The van der Waals surface area contributed by atoms with Crippen LogP contribution >= 0.6 is 0 Å². The van der Waals surface area contributed by atoms with Gasteiger partial charge in [-0.05, 0) is 36.9 Å². The zero-order valence-electron chi connectivity index (χ0n) is 12.9. The molecule has 0 aromatic heterocycles. The number of rotatable bonds is 2. The van der Waals surface area contributed by atoms with E-state index in [1.807, 2.05) is 0 Å². The van der Waals surface area contributed by atoms with Crippen LogP contribution in [0.3, 0.4) is 0 Å². The van der Waals surface area contributed by atoms with Gasteiger partial charge in [-0.25, -0.2) is 0 Å². The largest absolute Gasteiger partial charge is 0.410 e. The van der Waals surface area contributed by atoms with Crippen molar-refractivity contribution in [1.82, 2.24) is 4.81 Å². The van der Waals surface area contributed by atoms with E-state index >= 15 is 0 Å². The molecule has 0 radical (unpaired) electrons. The van der Waals surface area contributed by atoms with Crippen molar-refractivity contribution < 1.29 is 4.65 Å². The number of hydrogen-bond acceptors (Lipinski definition) is 2. The highest BCUT2D eigenvalue weighted by Gasteiger charge is 2.44. The van der Waals surface area contributed by atoms with Crippen molar-refractivity contribution in [3.8, 4) is 0 Å². The molecular weight excluding hydrogens is 269 g/mol. The first kappa shape index (κ1) is 14.0. The second kappa shape index (κ2) is 5.90. The molecule has 2 aliphatic rings. The average Bonchev–Trinajstić information content (AvgIpc) is 2.63. The highest BCUT2D eigenvalue weighted by Crippen LogP contribution is 2.43. The first-order chi connectivity index (χ1) is 10.9. The van der Waals surface area contributed by atoms with Crippen LogP contribution in [0.5, 0.6) is 0 Å². The third-order valence-corrected chi connectivity index (χ3v) is 5.23. The maximum atomic E-state index is 6.53. The van der Waals surface area contributed by atoms with Gasteiger partial charge in [0.25, 0.3) is 0 Å². The molecule has 1 atom stereocenters. The highest BCUT2D eigenvalue weighted by atomic mass is 16.5.